The van der Waals surface area contributed by atoms with E-state index in [0.29, 0.717) is 54.1 Å². The number of methoxy groups -OCH3 is 1. The van der Waals surface area contributed by atoms with E-state index in [1.807, 2.05) is 30.5 Å². The number of aromatic nitrogens is 1. The lowest BCUT2D eigenvalue weighted by Gasteiger charge is -2.47. The highest BCUT2D eigenvalue weighted by Crippen LogP contribution is 2.58. The Bertz CT molecular complexity index is 1620. The van der Waals surface area contributed by atoms with Gasteiger partial charge in [0.05, 0.1) is 6.61 Å². The molecular formula is C40H49ClN2O4. The highest BCUT2D eigenvalue weighted by Gasteiger charge is 2.54. The molecule has 6 nitrogen and oxygen atoms in total. The van der Waals surface area contributed by atoms with Crippen LogP contribution < -0.4 is 10.1 Å². The first kappa shape index (κ1) is 32.5. The maximum absolute atomic E-state index is 12.9. The number of nitrogens with zero attached hydrogens (tertiary/aromatic N) is 1. The summed E-state index contributed by atoms with van der Waals surface area (Å²) in [5.74, 6) is 2.65. The first-order valence-electron chi connectivity index (χ1n) is 17.7. The maximum Gasteiger partial charge on any atom is 0.329 e. The van der Waals surface area contributed by atoms with Crippen LogP contribution in [-0.4, -0.2) is 41.9 Å². The molecule has 2 N–H and O–H groups in total. The number of fused-ring (bicyclic) bond motifs is 3. The zero-order valence-corrected chi connectivity index (χ0v) is 28.8. The number of ether oxygens (including phenoxy) is 2. The minimum atomic E-state index is -1.02. The molecule has 7 rings (SSSR count). The molecular weight excluding hydrogens is 608 g/mol. The van der Waals surface area contributed by atoms with Crippen molar-refractivity contribution < 1.29 is 19.4 Å². The van der Waals surface area contributed by atoms with Crippen LogP contribution in [-0.2, 0) is 27.8 Å². The van der Waals surface area contributed by atoms with Crippen LogP contribution >= 0.6 is 11.6 Å². The van der Waals surface area contributed by atoms with E-state index < -0.39 is 11.5 Å². The van der Waals surface area contributed by atoms with E-state index in [0.717, 1.165) is 50.1 Å². The van der Waals surface area contributed by atoms with Gasteiger partial charge in [-0.25, -0.2) is 4.79 Å². The number of rotatable bonds is 11. The molecule has 2 saturated carbocycles. The van der Waals surface area contributed by atoms with Crippen molar-refractivity contribution in [3.63, 3.8) is 0 Å². The Hall–Kier alpha value is -3.09. The lowest BCUT2D eigenvalue weighted by Crippen LogP contribution is -2.53. The van der Waals surface area contributed by atoms with Crippen LogP contribution in [0.1, 0.15) is 105 Å². The summed E-state index contributed by atoms with van der Waals surface area (Å²) < 4.78 is 12.1. The van der Waals surface area contributed by atoms with Crippen LogP contribution in [0.3, 0.4) is 0 Å². The molecule has 250 valence electrons. The Labute approximate surface area is 284 Å². The summed E-state index contributed by atoms with van der Waals surface area (Å²) >= 11 is 6.28. The van der Waals surface area contributed by atoms with Crippen LogP contribution in [0.15, 0.2) is 54.7 Å². The van der Waals surface area contributed by atoms with E-state index in [9.17, 15) is 9.90 Å². The van der Waals surface area contributed by atoms with E-state index in [-0.39, 0.29) is 5.41 Å². The molecule has 0 radical (unpaired) electrons. The zero-order valence-electron chi connectivity index (χ0n) is 28.1. The van der Waals surface area contributed by atoms with Gasteiger partial charge < -0.3 is 19.9 Å². The lowest BCUT2D eigenvalue weighted by atomic mass is 9.59. The number of carboxylic acids is 1. The number of halogens is 1. The highest BCUT2D eigenvalue weighted by molar-refractivity contribution is 6.30. The predicted molar refractivity (Wildman–Crippen MR) is 187 cm³/mol. The Morgan fingerprint density at radius 3 is 2.74 bits per heavy atom. The third-order valence-corrected chi connectivity index (χ3v) is 12.3. The molecule has 0 aliphatic heterocycles. The molecule has 4 aliphatic rings. The second-order valence-electron chi connectivity index (χ2n) is 15.2. The van der Waals surface area contributed by atoms with Crippen molar-refractivity contribution in [3.05, 3.63) is 87.7 Å². The molecule has 7 heteroatoms. The molecule has 0 amide bonds. The first-order chi connectivity index (χ1) is 22.7. The molecule has 4 aliphatic carbocycles. The van der Waals surface area contributed by atoms with Crippen LogP contribution in [0.5, 0.6) is 5.75 Å². The number of aliphatic carboxylic acids is 1. The van der Waals surface area contributed by atoms with E-state index in [2.05, 4.69) is 48.4 Å². The largest absolute Gasteiger partial charge is 0.493 e. The number of hydrogen-bond acceptors (Lipinski definition) is 5. The number of benzene rings is 2. The van der Waals surface area contributed by atoms with Gasteiger partial charge in [0, 0.05) is 41.9 Å². The summed E-state index contributed by atoms with van der Waals surface area (Å²) in [6.07, 6.45) is 11.4. The zero-order chi connectivity index (χ0) is 32.8. The summed E-state index contributed by atoms with van der Waals surface area (Å²) in [4.78, 5) is 17.6. The second kappa shape index (κ2) is 13.1. The van der Waals surface area contributed by atoms with Crippen LogP contribution in [0.25, 0.3) is 0 Å². The molecule has 5 atom stereocenters. The third kappa shape index (κ3) is 6.28. The molecule has 47 heavy (non-hydrogen) atoms. The Kier molecular flexibility index (Phi) is 9.03. The van der Waals surface area contributed by atoms with Gasteiger partial charge in [-0.15, -0.1) is 0 Å². The van der Waals surface area contributed by atoms with Crippen LogP contribution in [0.4, 0.5) is 5.69 Å². The summed E-state index contributed by atoms with van der Waals surface area (Å²) in [6.45, 7) is 6.10. The quantitative estimate of drug-likeness (QED) is 0.214. The molecule has 1 aromatic heterocycles. The smallest absolute Gasteiger partial charge is 0.329 e. The average molecular weight is 657 g/mol. The van der Waals surface area contributed by atoms with Gasteiger partial charge in [-0.05, 0) is 140 Å². The van der Waals surface area contributed by atoms with Crippen molar-refractivity contribution in [1.29, 1.82) is 0 Å². The summed E-state index contributed by atoms with van der Waals surface area (Å²) in [6, 6.07) is 16.7. The van der Waals surface area contributed by atoms with Crippen molar-refractivity contribution in [2.75, 3.05) is 25.6 Å². The maximum atomic E-state index is 12.9. The van der Waals surface area contributed by atoms with Crippen molar-refractivity contribution >= 4 is 23.3 Å². The fourth-order valence-corrected chi connectivity index (χ4v) is 9.59. The summed E-state index contributed by atoms with van der Waals surface area (Å²) in [5, 5.41) is 14.6. The predicted octanol–water partition coefficient (Wildman–Crippen LogP) is 8.95. The fraction of sp³-hybridized carbons (Fsp3) is 0.550. The van der Waals surface area contributed by atoms with E-state index in [1.54, 1.807) is 7.11 Å². The normalized spacial score (nSPS) is 30.0. The van der Waals surface area contributed by atoms with Crippen molar-refractivity contribution in [2.24, 2.45) is 17.8 Å². The molecule has 2 aromatic carbocycles. The number of nitrogens with one attached hydrogen (secondary N) is 1. The monoisotopic (exact) mass is 656 g/mol. The van der Waals surface area contributed by atoms with Crippen molar-refractivity contribution in [3.8, 4) is 5.75 Å². The van der Waals surface area contributed by atoms with Crippen LogP contribution in [0.2, 0.25) is 5.02 Å². The van der Waals surface area contributed by atoms with Gasteiger partial charge in [-0.2, -0.15) is 0 Å². The molecule has 1 heterocycles. The second-order valence-corrected chi connectivity index (χ2v) is 15.6. The highest BCUT2D eigenvalue weighted by atomic mass is 35.5. The molecule has 0 bridgehead atoms. The van der Waals surface area contributed by atoms with E-state index in [1.165, 1.54) is 47.2 Å². The first-order valence-corrected chi connectivity index (χ1v) is 18.1. The minimum absolute atomic E-state index is 0.0510. The van der Waals surface area contributed by atoms with Gasteiger partial charge in [-0.1, -0.05) is 49.7 Å². The van der Waals surface area contributed by atoms with Gasteiger partial charge in [0.15, 0.2) is 0 Å². The molecule has 0 unspecified atom stereocenters. The minimum Gasteiger partial charge on any atom is -0.493 e. The van der Waals surface area contributed by atoms with Gasteiger partial charge in [0.2, 0.25) is 0 Å². The van der Waals surface area contributed by atoms with Crippen molar-refractivity contribution in [2.45, 2.75) is 101 Å². The SMILES string of the molecule is COC[C@H]1C[C@@H]1c1ccc2c(c1)C1(CCC(Nc3cccc(Cl)c3)(C(=O)O)CC1)[C@@H](C[C@@H](C)COc1ccnc3c1[C@H](C)CCC3)C2. The molecule has 1 spiro atoms. The third-order valence-electron chi connectivity index (χ3n) is 12.0. The van der Waals surface area contributed by atoms with Crippen molar-refractivity contribution in [1.82, 2.24) is 4.98 Å². The Balaban J connectivity index is 1.13. The number of anilines is 1. The van der Waals surface area contributed by atoms with Gasteiger partial charge in [-0.3, -0.25) is 4.98 Å². The number of aryl methyl sites for hydroxylation is 1. The number of hydrogen-bond donors (Lipinski definition) is 2. The molecule has 3 aromatic rings. The van der Waals surface area contributed by atoms with Crippen LogP contribution in [0, 0.1) is 17.8 Å². The standard InChI is InChI=1S/C40H49ClN2O4/c1-25(23-47-36-12-17-42-35-9-4-6-26(2)37(35)36)18-30-19-28-11-10-27(33-20-29(33)24-46-3)21-34(28)39(30)13-15-40(16-14-39,38(44)45)43-32-8-5-7-31(41)22-32/h5,7-8,10-12,17,21-22,25-26,29-30,33,43H,4,6,9,13-16,18-20,23-24H2,1-3H3,(H,44,45)/t25-,26-,29-,30+,33-,39?,40?/m1/s1. The average Bonchev–Trinajstić information content (AvgIpc) is 3.77. The Morgan fingerprint density at radius 2 is 1.98 bits per heavy atom. The molecule has 2 fully saturated rings. The molecule has 0 saturated heterocycles. The van der Waals surface area contributed by atoms with Gasteiger partial charge in [0.25, 0.3) is 0 Å². The summed E-state index contributed by atoms with van der Waals surface area (Å²) in [7, 11) is 1.79. The number of carboxylic acid groups (broad SMARTS) is 1. The topological polar surface area (TPSA) is 80.7 Å². The van der Waals surface area contributed by atoms with Gasteiger partial charge in [0.1, 0.15) is 11.3 Å². The fourth-order valence-electron chi connectivity index (χ4n) is 9.40. The van der Waals surface area contributed by atoms with E-state index >= 15 is 0 Å². The Morgan fingerprint density at radius 1 is 1.15 bits per heavy atom. The number of pyridine rings is 1. The lowest BCUT2D eigenvalue weighted by molar-refractivity contribution is -0.144. The van der Waals surface area contributed by atoms with Gasteiger partial charge >= 0.3 is 5.97 Å². The van der Waals surface area contributed by atoms with E-state index in [4.69, 9.17) is 21.1 Å². The number of carbonyl (C=O) groups is 1. The summed E-state index contributed by atoms with van der Waals surface area (Å²) in [5.41, 5.74) is 6.53.